The van der Waals surface area contributed by atoms with Crippen LogP contribution in [-0.4, -0.2) is 29.9 Å². The summed E-state index contributed by atoms with van der Waals surface area (Å²) < 4.78 is 10.5. The first kappa shape index (κ1) is 21.8. The molecule has 1 aromatic heterocycles. The van der Waals surface area contributed by atoms with Crippen molar-refractivity contribution >= 4 is 23.5 Å². The van der Waals surface area contributed by atoms with Crippen LogP contribution in [0.4, 0.5) is 5.69 Å². The molecule has 0 fully saturated rings. The number of nitrogens with one attached hydrogen (secondary N) is 2. The minimum Gasteiger partial charge on any atom is -0.459 e. The van der Waals surface area contributed by atoms with E-state index >= 15 is 0 Å². The Morgan fingerprint density at radius 2 is 1.68 bits per heavy atom. The Morgan fingerprint density at radius 3 is 2.32 bits per heavy atom. The van der Waals surface area contributed by atoms with Crippen molar-refractivity contribution in [2.45, 2.75) is 32.4 Å². The van der Waals surface area contributed by atoms with Gasteiger partial charge in [-0.25, -0.2) is 4.79 Å². The number of carbonyl (C=O) groups excluding carboxylic acids is 3. The quantitative estimate of drug-likeness (QED) is 0.544. The molecule has 2 amide bonds. The Bertz CT molecular complexity index is 1010. The van der Waals surface area contributed by atoms with E-state index in [1.807, 2.05) is 49.4 Å². The summed E-state index contributed by atoms with van der Waals surface area (Å²) in [6.07, 6.45) is 0.530. The number of hydrogen-bond acceptors (Lipinski definition) is 5. The maximum absolute atomic E-state index is 12.8. The van der Waals surface area contributed by atoms with Crippen LogP contribution in [-0.2, 0) is 20.7 Å². The fraction of sp³-hybridized carbons (Fsp3) is 0.208. The highest BCUT2D eigenvalue weighted by Gasteiger charge is 2.28. The Balaban J connectivity index is 1.66. The van der Waals surface area contributed by atoms with Crippen molar-refractivity contribution in [3.8, 4) is 0 Å². The highest BCUT2D eigenvalue weighted by Crippen LogP contribution is 2.11. The van der Waals surface area contributed by atoms with E-state index in [-0.39, 0.29) is 12.2 Å². The summed E-state index contributed by atoms with van der Waals surface area (Å²) in [5, 5.41) is 5.34. The summed E-state index contributed by atoms with van der Waals surface area (Å²) in [5.74, 6) is -1.64. The lowest BCUT2D eigenvalue weighted by atomic mass is 10.1. The molecule has 7 nitrogen and oxygen atoms in total. The zero-order valence-corrected chi connectivity index (χ0v) is 17.3. The van der Waals surface area contributed by atoms with Crippen molar-refractivity contribution in [3.63, 3.8) is 0 Å². The molecule has 0 saturated carbocycles. The first-order chi connectivity index (χ1) is 14.9. The molecule has 160 valence electrons. The third-order valence-corrected chi connectivity index (χ3v) is 4.60. The lowest BCUT2D eigenvalue weighted by molar-refractivity contribution is -0.155. The van der Waals surface area contributed by atoms with E-state index in [9.17, 15) is 14.4 Å². The predicted molar refractivity (Wildman–Crippen MR) is 115 cm³/mol. The second-order valence-electron chi connectivity index (χ2n) is 7.13. The van der Waals surface area contributed by atoms with Crippen LogP contribution in [0.1, 0.15) is 28.6 Å². The minimum atomic E-state index is -1.05. The van der Waals surface area contributed by atoms with Crippen LogP contribution < -0.4 is 10.6 Å². The van der Waals surface area contributed by atoms with Gasteiger partial charge in [-0.2, -0.15) is 0 Å². The van der Waals surface area contributed by atoms with E-state index in [1.54, 1.807) is 18.2 Å². The molecule has 2 atom stereocenters. The van der Waals surface area contributed by atoms with Crippen molar-refractivity contribution in [2.75, 3.05) is 5.32 Å². The average Bonchev–Trinajstić information content (AvgIpc) is 3.30. The molecule has 2 N–H and O–H groups in total. The number of furan rings is 1. The Morgan fingerprint density at radius 1 is 0.968 bits per heavy atom. The Hall–Kier alpha value is -3.87. The van der Waals surface area contributed by atoms with Crippen LogP contribution in [0.15, 0.2) is 77.4 Å². The molecule has 7 heteroatoms. The minimum absolute atomic E-state index is 0.0797. The maximum atomic E-state index is 12.8. The summed E-state index contributed by atoms with van der Waals surface area (Å²) in [6.45, 7) is 3.43. The van der Waals surface area contributed by atoms with Crippen molar-refractivity contribution in [3.05, 3.63) is 89.9 Å². The summed E-state index contributed by atoms with van der Waals surface area (Å²) in [5.41, 5.74) is 2.50. The lowest BCUT2D eigenvalue weighted by Crippen LogP contribution is -2.45. The first-order valence-corrected chi connectivity index (χ1v) is 9.88. The zero-order valence-electron chi connectivity index (χ0n) is 17.3. The smallest absolute Gasteiger partial charge is 0.329 e. The highest BCUT2D eigenvalue weighted by atomic mass is 16.5. The van der Waals surface area contributed by atoms with Gasteiger partial charge in [-0.15, -0.1) is 0 Å². The molecular weight excluding hydrogens is 396 g/mol. The van der Waals surface area contributed by atoms with Crippen molar-refractivity contribution in [2.24, 2.45) is 0 Å². The molecule has 0 aliphatic heterocycles. The van der Waals surface area contributed by atoms with Gasteiger partial charge in [0.25, 0.3) is 11.8 Å². The number of anilines is 1. The normalized spacial score (nSPS) is 12.5. The second kappa shape index (κ2) is 10.2. The van der Waals surface area contributed by atoms with Gasteiger partial charge in [-0.1, -0.05) is 48.0 Å². The SMILES string of the molecule is Cc1ccc(NC(=O)[C@@H](C)OC(=O)[C@H](Cc2ccccc2)NC(=O)c2ccco2)cc1. The van der Waals surface area contributed by atoms with E-state index in [1.165, 1.54) is 19.3 Å². The first-order valence-electron chi connectivity index (χ1n) is 9.88. The number of benzene rings is 2. The summed E-state index contributed by atoms with van der Waals surface area (Å²) in [4.78, 5) is 37.7. The molecule has 31 heavy (non-hydrogen) atoms. The fourth-order valence-corrected chi connectivity index (χ4v) is 2.87. The molecule has 0 saturated heterocycles. The van der Waals surface area contributed by atoms with E-state index in [2.05, 4.69) is 10.6 Å². The molecular formula is C24H24N2O5. The summed E-state index contributed by atoms with van der Waals surface area (Å²) in [6, 6.07) is 18.6. The topological polar surface area (TPSA) is 97.6 Å². The molecule has 0 bridgehead atoms. The number of rotatable bonds is 8. The van der Waals surface area contributed by atoms with E-state index in [0.29, 0.717) is 5.69 Å². The number of aryl methyl sites for hydroxylation is 1. The Labute approximate surface area is 180 Å². The molecule has 0 spiro atoms. The fourth-order valence-electron chi connectivity index (χ4n) is 2.87. The number of hydrogen-bond donors (Lipinski definition) is 2. The van der Waals surface area contributed by atoms with Crippen LogP contribution in [0.3, 0.4) is 0 Å². The van der Waals surface area contributed by atoms with Crippen LogP contribution >= 0.6 is 0 Å². The molecule has 0 radical (unpaired) electrons. The van der Waals surface area contributed by atoms with Crippen molar-refractivity contribution < 1.29 is 23.5 Å². The third-order valence-electron chi connectivity index (χ3n) is 4.60. The maximum Gasteiger partial charge on any atom is 0.329 e. The molecule has 0 aliphatic rings. The van der Waals surface area contributed by atoms with Gasteiger partial charge in [0.1, 0.15) is 6.04 Å². The second-order valence-corrected chi connectivity index (χ2v) is 7.13. The molecule has 2 aromatic carbocycles. The average molecular weight is 420 g/mol. The standard InChI is InChI=1S/C24H24N2O5/c1-16-10-12-19(13-11-16)25-22(27)17(2)31-24(29)20(15-18-7-4-3-5-8-18)26-23(28)21-9-6-14-30-21/h3-14,17,20H,15H2,1-2H3,(H,25,27)(H,26,28)/t17-,20+/m1/s1. The highest BCUT2D eigenvalue weighted by molar-refractivity contribution is 5.97. The van der Waals surface area contributed by atoms with Crippen molar-refractivity contribution in [1.29, 1.82) is 0 Å². The summed E-state index contributed by atoms with van der Waals surface area (Å²) >= 11 is 0. The molecule has 1 heterocycles. The summed E-state index contributed by atoms with van der Waals surface area (Å²) in [7, 11) is 0. The molecule has 3 rings (SSSR count). The third kappa shape index (κ3) is 6.30. The van der Waals surface area contributed by atoms with Gasteiger partial charge in [0, 0.05) is 12.1 Å². The van der Waals surface area contributed by atoms with Crippen molar-refractivity contribution in [1.82, 2.24) is 5.32 Å². The van der Waals surface area contributed by atoms with Gasteiger partial charge in [-0.3, -0.25) is 9.59 Å². The van der Waals surface area contributed by atoms with E-state index in [4.69, 9.17) is 9.15 Å². The number of ether oxygens (including phenoxy) is 1. The Kier molecular flexibility index (Phi) is 7.22. The number of carbonyl (C=O) groups is 3. The van der Waals surface area contributed by atoms with Gasteiger partial charge < -0.3 is 19.8 Å². The zero-order chi connectivity index (χ0) is 22.2. The van der Waals surface area contributed by atoms with Crippen LogP contribution in [0.2, 0.25) is 0 Å². The monoisotopic (exact) mass is 420 g/mol. The van der Waals surface area contributed by atoms with Crippen LogP contribution in [0.5, 0.6) is 0 Å². The molecule has 0 aliphatic carbocycles. The largest absolute Gasteiger partial charge is 0.459 e. The molecule has 3 aromatic rings. The van der Waals surface area contributed by atoms with Crippen LogP contribution in [0, 0.1) is 6.92 Å². The predicted octanol–water partition coefficient (Wildman–Crippen LogP) is 3.50. The van der Waals surface area contributed by atoms with E-state index < -0.39 is 29.9 Å². The molecule has 0 unspecified atom stereocenters. The van der Waals surface area contributed by atoms with Gasteiger partial charge >= 0.3 is 5.97 Å². The lowest BCUT2D eigenvalue weighted by Gasteiger charge is -2.20. The van der Waals surface area contributed by atoms with E-state index in [0.717, 1.165) is 11.1 Å². The number of amides is 2. The van der Waals surface area contributed by atoms with Crippen LogP contribution in [0.25, 0.3) is 0 Å². The number of esters is 1. The van der Waals surface area contributed by atoms with Gasteiger partial charge in [0.05, 0.1) is 6.26 Å². The van der Waals surface area contributed by atoms with Gasteiger partial charge in [0.15, 0.2) is 11.9 Å². The van der Waals surface area contributed by atoms with Gasteiger partial charge in [-0.05, 0) is 43.7 Å². The van der Waals surface area contributed by atoms with Gasteiger partial charge in [0.2, 0.25) is 0 Å².